The Morgan fingerprint density at radius 2 is 1.90 bits per heavy atom. The molecule has 6 nitrogen and oxygen atoms in total. The SMILES string of the molecule is Cc1cc(C)cc(C(=O)N2CCN(CCCc3nc(-c4cccs4)no3)CC2)c1. The highest BCUT2D eigenvalue weighted by molar-refractivity contribution is 7.13. The lowest BCUT2D eigenvalue weighted by molar-refractivity contribution is 0.0635. The maximum absolute atomic E-state index is 12.8. The van der Waals surface area contributed by atoms with Gasteiger partial charge in [-0.15, -0.1) is 11.3 Å². The van der Waals surface area contributed by atoms with Crippen LogP contribution >= 0.6 is 11.3 Å². The molecule has 7 heteroatoms. The van der Waals surface area contributed by atoms with Crippen molar-refractivity contribution in [2.24, 2.45) is 0 Å². The fourth-order valence-electron chi connectivity index (χ4n) is 3.77. The highest BCUT2D eigenvalue weighted by Gasteiger charge is 2.22. The summed E-state index contributed by atoms with van der Waals surface area (Å²) in [6, 6.07) is 10.0. The summed E-state index contributed by atoms with van der Waals surface area (Å²) in [7, 11) is 0. The predicted molar refractivity (Wildman–Crippen MR) is 114 cm³/mol. The molecule has 1 aliphatic rings. The van der Waals surface area contributed by atoms with Crippen LogP contribution in [0.2, 0.25) is 0 Å². The molecular formula is C22H26N4O2S. The second-order valence-corrected chi connectivity index (χ2v) is 8.55. The minimum atomic E-state index is 0.142. The van der Waals surface area contributed by atoms with Crippen LogP contribution in [0.25, 0.3) is 10.7 Å². The van der Waals surface area contributed by atoms with Gasteiger partial charge in [-0.25, -0.2) is 0 Å². The van der Waals surface area contributed by atoms with Crippen molar-refractivity contribution in [3.8, 4) is 10.7 Å². The fourth-order valence-corrected chi connectivity index (χ4v) is 4.42. The summed E-state index contributed by atoms with van der Waals surface area (Å²) in [6.07, 6.45) is 1.75. The van der Waals surface area contributed by atoms with E-state index in [2.05, 4.69) is 21.1 Å². The van der Waals surface area contributed by atoms with Gasteiger partial charge in [0.15, 0.2) is 0 Å². The summed E-state index contributed by atoms with van der Waals surface area (Å²) in [5, 5.41) is 6.07. The predicted octanol–water partition coefficient (Wildman–Crippen LogP) is 3.81. The lowest BCUT2D eigenvalue weighted by Crippen LogP contribution is -2.48. The summed E-state index contributed by atoms with van der Waals surface area (Å²) >= 11 is 1.61. The van der Waals surface area contributed by atoms with Crippen LogP contribution in [0.3, 0.4) is 0 Å². The van der Waals surface area contributed by atoms with Gasteiger partial charge in [-0.3, -0.25) is 9.69 Å². The fraction of sp³-hybridized carbons (Fsp3) is 0.409. The molecule has 0 bridgehead atoms. The first-order valence-electron chi connectivity index (χ1n) is 10.0. The van der Waals surface area contributed by atoms with Crippen molar-refractivity contribution >= 4 is 17.2 Å². The number of thiophene rings is 1. The van der Waals surface area contributed by atoms with Crippen molar-refractivity contribution in [2.45, 2.75) is 26.7 Å². The number of hydrogen-bond donors (Lipinski definition) is 0. The number of carbonyl (C=O) groups excluding carboxylic acids is 1. The Morgan fingerprint density at radius 1 is 1.14 bits per heavy atom. The van der Waals surface area contributed by atoms with Crippen LogP contribution < -0.4 is 0 Å². The smallest absolute Gasteiger partial charge is 0.253 e. The maximum Gasteiger partial charge on any atom is 0.253 e. The average Bonchev–Trinajstić information content (AvgIpc) is 3.39. The van der Waals surface area contributed by atoms with Gasteiger partial charge in [-0.2, -0.15) is 4.98 Å². The van der Waals surface area contributed by atoms with Gasteiger partial charge in [-0.05, 0) is 50.4 Å². The number of carbonyl (C=O) groups is 1. The summed E-state index contributed by atoms with van der Waals surface area (Å²) in [6.45, 7) is 8.40. The van der Waals surface area contributed by atoms with E-state index in [1.165, 1.54) is 0 Å². The molecule has 1 fully saturated rings. The third-order valence-electron chi connectivity index (χ3n) is 5.20. The Labute approximate surface area is 175 Å². The van der Waals surface area contributed by atoms with Crippen molar-refractivity contribution in [1.29, 1.82) is 0 Å². The molecule has 0 radical (unpaired) electrons. The molecule has 3 aromatic rings. The Morgan fingerprint density at radius 3 is 2.59 bits per heavy atom. The van der Waals surface area contributed by atoms with Crippen LogP contribution in [0.15, 0.2) is 40.2 Å². The van der Waals surface area contributed by atoms with Crippen LogP contribution in [0.4, 0.5) is 0 Å². The van der Waals surface area contributed by atoms with Crippen LogP contribution in [-0.2, 0) is 6.42 Å². The molecular weight excluding hydrogens is 384 g/mol. The lowest BCUT2D eigenvalue weighted by Gasteiger charge is -2.34. The lowest BCUT2D eigenvalue weighted by atomic mass is 10.1. The molecule has 1 aromatic carbocycles. The minimum absolute atomic E-state index is 0.142. The number of aryl methyl sites for hydroxylation is 3. The van der Waals surface area contributed by atoms with E-state index < -0.39 is 0 Å². The van der Waals surface area contributed by atoms with Crippen molar-refractivity contribution in [1.82, 2.24) is 19.9 Å². The van der Waals surface area contributed by atoms with E-state index in [0.29, 0.717) is 11.7 Å². The van der Waals surface area contributed by atoms with Gasteiger partial charge in [0, 0.05) is 38.2 Å². The van der Waals surface area contributed by atoms with Gasteiger partial charge in [0.1, 0.15) is 0 Å². The van der Waals surface area contributed by atoms with Crippen molar-refractivity contribution < 1.29 is 9.32 Å². The number of piperazine rings is 1. The quantitative estimate of drug-likeness (QED) is 0.618. The van der Waals surface area contributed by atoms with Gasteiger partial charge in [0.2, 0.25) is 11.7 Å². The van der Waals surface area contributed by atoms with Crippen molar-refractivity contribution in [3.63, 3.8) is 0 Å². The Bertz CT molecular complexity index is 939. The standard InChI is InChI=1S/C22H26N4O2S/c1-16-13-17(2)15-18(14-16)22(27)26-10-8-25(9-11-26)7-3-6-20-23-21(24-28-20)19-5-4-12-29-19/h4-5,12-15H,3,6-11H2,1-2H3. The Kier molecular flexibility index (Phi) is 6.06. The molecule has 0 aliphatic carbocycles. The molecule has 1 amide bonds. The molecule has 0 unspecified atom stereocenters. The molecule has 29 heavy (non-hydrogen) atoms. The van der Waals surface area contributed by atoms with E-state index in [1.54, 1.807) is 11.3 Å². The Hall–Kier alpha value is -2.51. The van der Waals surface area contributed by atoms with Crippen LogP contribution in [0.1, 0.15) is 33.8 Å². The van der Waals surface area contributed by atoms with E-state index in [0.717, 1.165) is 67.1 Å². The normalized spacial score (nSPS) is 15.0. The van der Waals surface area contributed by atoms with Crippen molar-refractivity contribution in [3.05, 3.63) is 58.3 Å². The molecule has 152 valence electrons. The monoisotopic (exact) mass is 410 g/mol. The minimum Gasteiger partial charge on any atom is -0.339 e. The first-order chi connectivity index (χ1) is 14.1. The van der Waals surface area contributed by atoms with Gasteiger partial charge < -0.3 is 9.42 Å². The first kappa shape index (κ1) is 19.8. The zero-order valence-electron chi connectivity index (χ0n) is 16.9. The van der Waals surface area contributed by atoms with E-state index in [9.17, 15) is 4.79 Å². The molecule has 4 rings (SSSR count). The number of benzene rings is 1. The summed E-state index contributed by atoms with van der Waals surface area (Å²) in [5.74, 6) is 1.51. The van der Waals surface area contributed by atoms with Crippen LogP contribution in [-0.4, -0.2) is 58.6 Å². The average molecular weight is 411 g/mol. The highest BCUT2D eigenvalue weighted by Crippen LogP contribution is 2.21. The topological polar surface area (TPSA) is 62.5 Å². The van der Waals surface area contributed by atoms with Gasteiger partial charge in [0.05, 0.1) is 4.88 Å². The highest BCUT2D eigenvalue weighted by atomic mass is 32.1. The van der Waals surface area contributed by atoms with E-state index in [4.69, 9.17) is 4.52 Å². The molecule has 0 atom stereocenters. The maximum atomic E-state index is 12.8. The first-order valence-corrected chi connectivity index (χ1v) is 10.9. The van der Waals surface area contributed by atoms with Gasteiger partial charge in [0.25, 0.3) is 5.91 Å². The third kappa shape index (κ3) is 4.92. The molecule has 0 spiro atoms. The second-order valence-electron chi connectivity index (χ2n) is 7.60. The zero-order chi connectivity index (χ0) is 20.2. The van der Waals surface area contributed by atoms with E-state index in [-0.39, 0.29) is 5.91 Å². The number of amides is 1. The molecule has 1 aliphatic heterocycles. The van der Waals surface area contributed by atoms with Crippen molar-refractivity contribution in [2.75, 3.05) is 32.7 Å². The third-order valence-corrected chi connectivity index (χ3v) is 6.07. The summed E-state index contributed by atoms with van der Waals surface area (Å²) in [4.78, 5) is 22.7. The zero-order valence-corrected chi connectivity index (χ0v) is 17.7. The molecule has 0 N–H and O–H groups in total. The molecule has 2 aromatic heterocycles. The number of aromatic nitrogens is 2. The second kappa shape index (κ2) is 8.88. The molecule has 1 saturated heterocycles. The largest absolute Gasteiger partial charge is 0.339 e. The van der Waals surface area contributed by atoms with Crippen LogP contribution in [0.5, 0.6) is 0 Å². The summed E-state index contributed by atoms with van der Waals surface area (Å²) < 4.78 is 5.37. The summed E-state index contributed by atoms with van der Waals surface area (Å²) in [5.41, 5.74) is 3.07. The Balaban J connectivity index is 1.22. The number of nitrogens with zero attached hydrogens (tertiary/aromatic N) is 4. The molecule has 0 saturated carbocycles. The van der Waals surface area contributed by atoms with E-state index >= 15 is 0 Å². The molecule has 3 heterocycles. The number of rotatable bonds is 6. The van der Waals surface area contributed by atoms with Gasteiger partial charge >= 0.3 is 0 Å². The van der Waals surface area contributed by atoms with Crippen LogP contribution in [0, 0.1) is 13.8 Å². The van der Waals surface area contributed by atoms with E-state index in [1.807, 2.05) is 48.4 Å². The van der Waals surface area contributed by atoms with Gasteiger partial charge in [-0.1, -0.05) is 28.4 Å². The number of hydrogen-bond acceptors (Lipinski definition) is 6.